The lowest BCUT2D eigenvalue weighted by atomic mass is 10.2. The summed E-state index contributed by atoms with van der Waals surface area (Å²) in [6.45, 7) is 2.95. The first-order valence-corrected chi connectivity index (χ1v) is 7.53. The van der Waals surface area contributed by atoms with E-state index in [4.69, 9.17) is 5.11 Å². The van der Waals surface area contributed by atoms with Crippen LogP contribution < -0.4 is 0 Å². The zero-order chi connectivity index (χ0) is 15.2. The average Bonchev–Trinajstić information content (AvgIpc) is 2.81. The molecule has 0 spiro atoms. The van der Waals surface area contributed by atoms with Gasteiger partial charge in [-0.25, -0.2) is 8.42 Å². The second kappa shape index (κ2) is 4.83. The Bertz CT molecular complexity index is 651. The summed E-state index contributed by atoms with van der Waals surface area (Å²) in [4.78, 5) is 11.2. The van der Waals surface area contributed by atoms with Crippen molar-refractivity contribution >= 4 is 16.0 Å². The van der Waals surface area contributed by atoms with Gasteiger partial charge in [0.25, 0.3) is 0 Å². The summed E-state index contributed by atoms with van der Waals surface area (Å²) in [7, 11) is -2.38. The van der Waals surface area contributed by atoms with Gasteiger partial charge in [0.2, 0.25) is 10.0 Å². The molecule has 2 unspecified atom stereocenters. The molecule has 2 heterocycles. The summed E-state index contributed by atoms with van der Waals surface area (Å²) in [5.41, 5.74) is 0.753. The number of carboxylic acids is 1. The van der Waals surface area contributed by atoms with Crippen LogP contribution in [0.4, 0.5) is 0 Å². The van der Waals surface area contributed by atoms with Gasteiger partial charge in [-0.15, -0.1) is 0 Å². The smallest absolute Gasteiger partial charge is 0.322 e. The number of rotatable bonds is 3. The van der Waals surface area contributed by atoms with Gasteiger partial charge in [0, 0.05) is 20.0 Å². The number of hydrogen-bond donors (Lipinski definition) is 2. The van der Waals surface area contributed by atoms with Gasteiger partial charge in [-0.3, -0.25) is 9.48 Å². The molecule has 20 heavy (non-hydrogen) atoms. The summed E-state index contributed by atoms with van der Waals surface area (Å²) in [5.74, 6) is -1.26. The number of aromatic nitrogens is 2. The monoisotopic (exact) mass is 303 g/mol. The largest absolute Gasteiger partial charge is 0.480 e. The van der Waals surface area contributed by atoms with Gasteiger partial charge in [0.15, 0.2) is 0 Å². The molecule has 2 N–H and O–H groups in total. The number of aliphatic hydroxyl groups is 1. The van der Waals surface area contributed by atoms with E-state index in [0.717, 1.165) is 4.31 Å². The minimum absolute atomic E-state index is 0.0142. The van der Waals surface area contributed by atoms with E-state index in [0.29, 0.717) is 11.4 Å². The zero-order valence-electron chi connectivity index (χ0n) is 11.4. The van der Waals surface area contributed by atoms with Crippen molar-refractivity contribution in [1.82, 2.24) is 14.1 Å². The lowest BCUT2D eigenvalue weighted by molar-refractivity contribution is -0.140. The molecule has 112 valence electrons. The van der Waals surface area contributed by atoms with Gasteiger partial charge in [0.05, 0.1) is 17.5 Å². The SMILES string of the molecule is Cc1nn(C)c(C)c1S(=O)(=O)N1CC(O)CC1C(=O)O. The summed E-state index contributed by atoms with van der Waals surface area (Å²) >= 11 is 0. The third-order valence-corrected chi connectivity index (χ3v) is 5.66. The highest BCUT2D eigenvalue weighted by atomic mass is 32.2. The van der Waals surface area contributed by atoms with Crippen molar-refractivity contribution in [2.45, 2.75) is 37.3 Å². The van der Waals surface area contributed by atoms with E-state index < -0.39 is 28.1 Å². The molecular weight excluding hydrogens is 286 g/mol. The Morgan fingerprint density at radius 2 is 2.00 bits per heavy atom. The van der Waals surface area contributed by atoms with E-state index in [-0.39, 0.29) is 17.9 Å². The number of nitrogens with zero attached hydrogens (tertiary/aromatic N) is 3. The molecule has 0 saturated carbocycles. The fourth-order valence-electron chi connectivity index (χ4n) is 2.52. The van der Waals surface area contributed by atoms with Gasteiger partial charge < -0.3 is 10.2 Å². The molecule has 2 atom stereocenters. The molecule has 2 rings (SSSR count). The van der Waals surface area contributed by atoms with Crippen LogP contribution in [0.25, 0.3) is 0 Å². The Morgan fingerprint density at radius 1 is 1.40 bits per heavy atom. The first-order valence-electron chi connectivity index (χ1n) is 6.09. The van der Waals surface area contributed by atoms with E-state index >= 15 is 0 Å². The molecule has 1 fully saturated rings. The number of aryl methyl sites for hydroxylation is 2. The third-order valence-electron chi connectivity index (χ3n) is 3.53. The molecule has 1 aliphatic rings. The third kappa shape index (κ3) is 2.21. The Labute approximate surface area is 116 Å². The van der Waals surface area contributed by atoms with Crippen LogP contribution in [0, 0.1) is 13.8 Å². The van der Waals surface area contributed by atoms with Crippen LogP contribution in [-0.4, -0.2) is 57.4 Å². The fourth-order valence-corrected chi connectivity index (χ4v) is 4.55. The first-order chi connectivity index (χ1) is 9.16. The minimum atomic E-state index is -4.00. The molecule has 1 aliphatic heterocycles. The molecule has 0 aromatic carbocycles. The molecule has 0 radical (unpaired) electrons. The van der Waals surface area contributed by atoms with Crippen molar-refractivity contribution < 1.29 is 23.4 Å². The molecule has 0 amide bonds. The predicted octanol–water partition coefficient (Wildman–Crippen LogP) is -0.755. The van der Waals surface area contributed by atoms with Crippen molar-refractivity contribution in [2.24, 2.45) is 7.05 Å². The highest BCUT2D eigenvalue weighted by Crippen LogP contribution is 2.29. The van der Waals surface area contributed by atoms with Crippen LogP contribution in [0.3, 0.4) is 0 Å². The predicted molar refractivity (Wildman–Crippen MR) is 68.6 cm³/mol. The Morgan fingerprint density at radius 3 is 2.45 bits per heavy atom. The van der Waals surface area contributed by atoms with E-state index in [1.807, 2.05) is 0 Å². The van der Waals surface area contributed by atoms with E-state index in [2.05, 4.69) is 5.10 Å². The Kier molecular flexibility index (Phi) is 3.61. The number of sulfonamides is 1. The van der Waals surface area contributed by atoms with Gasteiger partial charge in [-0.1, -0.05) is 0 Å². The summed E-state index contributed by atoms with van der Waals surface area (Å²) in [5, 5.41) is 22.7. The zero-order valence-corrected chi connectivity index (χ0v) is 12.3. The number of carboxylic acid groups (broad SMARTS) is 1. The Hall–Kier alpha value is -1.45. The van der Waals surface area contributed by atoms with E-state index in [1.54, 1.807) is 20.9 Å². The number of aliphatic hydroxyl groups excluding tert-OH is 1. The summed E-state index contributed by atoms with van der Waals surface area (Å²) in [6.07, 6.45) is -1.07. The molecule has 1 aromatic heterocycles. The second-order valence-electron chi connectivity index (χ2n) is 4.94. The fraction of sp³-hybridized carbons (Fsp3) is 0.636. The van der Waals surface area contributed by atoms with Crippen LogP contribution in [0.15, 0.2) is 4.90 Å². The maximum atomic E-state index is 12.6. The van der Waals surface area contributed by atoms with Crippen molar-refractivity contribution in [3.8, 4) is 0 Å². The maximum Gasteiger partial charge on any atom is 0.322 e. The van der Waals surface area contributed by atoms with Crippen molar-refractivity contribution in [2.75, 3.05) is 6.54 Å². The highest BCUT2D eigenvalue weighted by Gasteiger charge is 2.45. The van der Waals surface area contributed by atoms with Crippen molar-refractivity contribution in [3.63, 3.8) is 0 Å². The molecular formula is C11H17N3O5S. The lowest BCUT2D eigenvalue weighted by Crippen LogP contribution is -2.40. The lowest BCUT2D eigenvalue weighted by Gasteiger charge is -2.20. The molecule has 1 aromatic rings. The van der Waals surface area contributed by atoms with Gasteiger partial charge in [-0.2, -0.15) is 9.40 Å². The number of β-amino-alcohol motifs (C(OH)–C–C–N with tert-alkyl or cyclic N) is 1. The molecule has 9 heteroatoms. The summed E-state index contributed by atoms with van der Waals surface area (Å²) < 4.78 is 27.6. The van der Waals surface area contributed by atoms with Crippen LogP contribution in [0.1, 0.15) is 17.8 Å². The van der Waals surface area contributed by atoms with Gasteiger partial charge >= 0.3 is 5.97 Å². The van der Waals surface area contributed by atoms with Gasteiger partial charge in [-0.05, 0) is 13.8 Å². The van der Waals surface area contributed by atoms with E-state index in [9.17, 15) is 18.3 Å². The number of carbonyl (C=O) groups is 1. The average molecular weight is 303 g/mol. The number of aliphatic carboxylic acids is 1. The molecule has 0 aliphatic carbocycles. The van der Waals surface area contributed by atoms with Crippen LogP contribution in [0.5, 0.6) is 0 Å². The topological polar surface area (TPSA) is 113 Å². The van der Waals surface area contributed by atoms with Crippen molar-refractivity contribution in [1.29, 1.82) is 0 Å². The van der Waals surface area contributed by atoms with Crippen LogP contribution >= 0.6 is 0 Å². The summed E-state index contributed by atoms with van der Waals surface area (Å²) in [6, 6.07) is -1.24. The standard InChI is InChI=1S/C11H17N3O5S/c1-6-10(7(2)13(3)12-6)20(18,19)14-5-8(15)4-9(14)11(16)17/h8-9,15H,4-5H2,1-3H3,(H,16,17). The maximum absolute atomic E-state index is 12.6. The molecule has 8 nitrogen and oxygen atoms in total. The first kappa shape index (κ1) is 14.9. The molecule has 0 bridgehead atoms. The van der Waals surface area contributed by atoms with E-state index in [1.165, 1.54) is 4.68 Å². The second-order valence-corrected chi connectivity index (χ2v) is 6.77. The van der Waals surface area contributed by atoms with Crippen LogP contribution in [0.2, 0.25) is 0 Å². The number of hydrogen-bond acceptors (Lipinski definition) is 5. The molecule has 1 saturated heterocycles. The minimum Gasteiger partial charge on any atom is -0.480 e. The quantitative estimate of drug-likeness (QED) is 0.759. The normalized spacial score (nSPS) is 24.2. The van der Waals surface area contributed by atoms with Gasteiger partial charge in [0.1, 0.15) is 10.9 Å². The van der Waals surface area contributed by atoms with Crippen LogP contribution in [-0.2, 0) is 21.9 Å². The van der Waals surface area contributed by atoms with Crippen molar-refractivity contribution in [3.05, 3.63) is 11.4 Å². The highest BCUT2D eigenvalue weighted by molar-refractivity contribution is 7.89. The Balaban J connectivity index is 2.52.